The molecule has 1 aromatic heterocycles. The van der Waals surface area contributed by atoms with Crippen molar-refractivity contribution < 1.29 is 4.39 Å². The van der Waals surface area contributed by atoms with Crippen molar-refractivity contribution in [2.24, 2.45) is 0 Å². The van der Waals surface area contributed by atoms with Crippen LogP contribution in [0.2, 0.25) is 0 Å². The summed E-state index contributed by atoms with van der Waals surface area (Å²) in [5, 5.41) is 5.52. The fraction of sp³-hybridized carbons (Fsp3) is 0.286. The van der Waals surface area contributed by atoms with Crippen LogP contribution in [0.1, 0.15) is 16.5 Å². The monoisotopic (exact) mass is 281 g/mol. The molecule has 0 amide bonds. The van der Waals surface area contributed by atoms with Crippen LogP contribution < -0.4 is 5.32 Å². The van der Waals surface area contributed by atoms with Crippen molar-refractivity contribution >= 4 is 23.1 Å². The number of benzene rings is 1. The molecule has 1 atom stereocenters. The van der Waals surface area contributed by atoms with Crippen molar-refractivity contribution in [1.82, 2.24) is 5.32 Å². The number of aryl methyl sites for hydroxylation is 1. The number of hydrogen-bond donors (Lipinski definition) is 1. The van der Waals surface area contributed by atoms with E-state index in [4.69, 9.17) is 0 Å². The van der Waals surface area contributed by atoms with E-state index in [1.807, 2.05) is 19.2 Å². The first-order chi connectivity index (χ1) is 8.69. The zero-order valence-electron chi connectivity index (χ0n) is 10.4. The second-order valence-electron chi connectivity index (χ2n) is 4.10. The zero-order chi connectivity index (χ0) is 13.0. The van der Waals surface area contributed by atoms with Crippen molar-refractivity contribution in [2.45, 2.75) is 17.9 Å². The van der Waals surface area contributed by atoms with Gasteiger partial charge in [-0.3, -0.25) is 0 Å². The molecule has 0 aliphatic heterocycles. The van der Waals surface area contributed by atoms with E-state index in [-0.39, 0.29) is 5.82 Å². The molecule has 0 spiro atoms. The Morgan fingerprint density at radius 2 is 2.06 bits per heavy atom. The number of thioether (sulfide) groups is 1. The van der Waals surface area contributed by atoms with E-state index in [1.165, 1.54) is 22.6 Å². The molecule has 0 aliphatic rings. The molecule has 96 valence electrons. The maximum atomic E-state index is 12.8. The largest absolute Gasteiger partial charge is 0.312 e. The molecule has 1 nitrogen and oxygen atoms in total. The molecule has 2 aromatic rings. The summed E-state index contributed by atoms with van der Waals surface area (Å²) >= 11 is 3.51. The average molecular weight is 281 g/mol. The fourth-order valence-corrected chi connectivity index (χ4v) is 3.51. The van der Waals surface area contributed by atoms with Gasteiger partial charge in [0.05, 0.1) is 0 Å². The average Bonchev–Trinajstić information content (AvgIpc) is 2.79. The van der Waals surface area contributed by atoms with Gasteiger partial charge in [0.25, 0.3) is 0 Å². The number of halogens is 1. The van der Waals surface area contributed by atoms with E-state index in [0.717, 1.165) is 10.6 Å². The molecular weight excluding hydrogens is 265 g/mol. The number of hydrogen-bond acceptors (Lipinski definition) is 3. The van der Waals surface area contributed by atoms with E-state index in [2.05, 4.69) is 23.7 Å². The first-order valence-electron chi connectivity index (χ1n) is 5.79. The normalized spacial score (nSPS) is 12.6. The molecule has 4 heteroatoms. The number of thiophene rings is 1. The van der Waals surface area contributed by atoms with Gasteiger partial charge < -0.3 is 5.32 Å². The summed E-state index contributed by atoms with van der Waals surface area (Å²) in [5.74, 6) is 0.760. The van der Waals surface area contributed by atoms with Gasteiger partial charge in [0.1, 0.15) is 5.82 Å². The molecule has 0 saturated heterocycles. The summed E-state index contributed by atoms with van der Waals surface area (Å²) in [6.45, 7) is 2.12. The highest BCUT2D eigenvalue weighted by Gasteiger charge is 2.11. The van der Waals surface area contributed by atoms with E-state index in [9.17, 15) is 4.39 Å². The summed E-state index contributed by atoms with van der Waals surface area (Å²) in [7, 11) is 1.98. The molecule has 2 rings (SSSR count). The third-order valence-corrected chi connectivity index (χ3v) is 4.72. The lowest BCUT2D eigenvalue weighted by atomic mass is 10.2. The Labute approximate surface area is 115 Å². The SMILES string of the molecule is CNC(CSc1ccc(F)cc1)c1csc(C)c1. The highest BCUT2D eigenvalue weighted by molar-refractivity contribution is 7.99. The van der Waals surface area contributed by atoms with Crippen LogP contribution in [-0.2, 0) is 0 Å². The third-order valence-electron chi connectivity index (χ3n) is 2.73. The number of nitrogens with one attached hydrogen (secondary N) is 1. The Hall–Kier alpha value is -0.840. The van der Waals surface area contributed by atoms with Crippen LogP contribution in [0.25, 0.3) is 0 Å². The maximum absolute atomic E-state index is 12.8. The standard InChI is InChI=1S/C14H16FNS2/c1-10-7-11(8-17-10)14(16-2)9-18-13-5-3-12(15)4-6-13/h3-8,14,16H,9H2,1-2H3. The van der Waals surface area contributed by atoms with Crippen LogP contribution >= 0.6 is 23.1 Å². The molecule has 1 aromatic carbocycles. The van der Waals surface area contributed by atoms with E-state index in [0.29, 0.717) is 6.04 Å². The Morgan fingerprint density at radius 1 is 1.33 bits per heavy atom. The van der Waals surface area contributed by atoms with E-state index < -0.39 is 0 Å². The summed E-state index contributed by atoms with van der Waals surface area (Å²) in [4.78, 5) is 2.43. The van der Waals surface area contributed by atoms with Crippen LogP contribution in [0.5, 0.6) is 0 Å². The minimum atomic E-state index is -0.182. The third kappa shape index (κ3) is 3.57. The highest BCUT2D eigenvalue weighted by atomic mass is 32.2. The molecular formula is C14H16FNS2. The predicted octanol–water partition coefficient (Wildman–Crippen LogP) is 4.25. The summed E-state index contributed by atoms with van der Waals surface area (Å²) in [5.41, 5.74) is 1.33. The van der Waals surface area contributed by atoms with Gasteiger partial charge >= 0.3 is 0 Å². The fourth-order valence-electron chi connectivity index (χ4n) is 1.70. The summed E-state index contributed by atoms with van der Waals surface area (Å²) in [6.07, 6.45) is 0. The van der Waals surface area contributed by atoms with Crippen LogP contribution in [-0.4, -0.2) is 12.8 Å². The van der Waals surface area contributed by atoms with Crippen LogP contribution in [0, 0.1) is 12.7 Å². The lowest BCUT2D eigenvalue weighted by Gasteiger charge is -2.14. The molecule has 1 heterocycles. The molecule has 18 heavy (non-hydrogen) atoms. The van der Waals surface area contributed by atoms with Gasteiger partial charge in [-0.05, 0) is 55.2 Å². The smallest absolute Gasteiger partial charge is 0.123 e. The second kappa shape index (κ2) is 6.36. The molecule has 0 saturated carbocycles. The topological polar surface area (TPSA) is 12.0 Å². The van der Waals surface area contributed by atoms with Crippen LogP contribution in [0.4, 0.5) is 4.39 Å². The Balaban J connectivity index is 1.97. The zero-order valence-corrected chi connectivity index (χ0v) is 12.1. The minimum Gasteiger partial charge on any atom is -0.312 e. The summed E-state index contributed by atoms with van der Waals surface area (Å²) < 4.78 is 12.8. The van der Waals surface area contributed by atoms with Crippen molar-refractivity contribution in [3.8, 4) is 0 Å². The maximum Gasteiger partial charge on any atom is 0.123 e. The van der Waals surface area contributed by atoms with Gasteiger partial charge in [-0.15, -0.1) is 23.1 Å². The highest BCUT2D eigenvalue weighted by Crippen LogP contribution is 2.27. The van der Waals surface area contributed by atoms with E-state index in [1.54, 1.807) is 23.1 Å². The lowest BCUT2D eigenvalue weighted by molar-refractivity contribution is 0.626. The van der Waals surface area contributed by atoms with Crippen LogP contribution in [0.3, 0.4) is 0 Å². The predicted molar refractivity (Wildman–Crippen MR) is 78.0 cm³/mol. The van der Waals surface area contributed by atoms with E-state index >= 15 is 0 Å². The first kappa shape index (κ1) is 13.6. The van der Waals surface area contributed by atoms with Crippen LogP contribution in [0.15, 0.2) is 40.6 Å². The number of rotatable bonds is 5. The molecule has 1 N–H and O–H groups in total. The van der Waals surface area contributed by atoms with Crippen molar-refractivity contribution in [3.63, 3.8) is 0 Å². The van der Waals surface area contributed by atoms with Gasteiger partial charge in [-0.2, -0.15) is 0 Å². The second-order valence-corrected chi connectivity index (χ2v) is 6.31. The van der Waals surface area contributed by atoms with Gasteiger partial charge in [0, 0.05) is 21.6 Å². The lowest BCUT2D eigenvalue weighted by Crippen LogP contribution is -2.17. The molecule has 1 unspecified atom stereocenters. The minimum absolute atomic E-state index is 0.182. The van der Waals surface area contributed by atoms with Gasteiger partial charge in [0.15, 0.2) is 0 Å². The summed E-state index contributed by atoms with van der Waals surface area (Å²) in [6, 6.07) is 9.22. The van der Waals surface area contributed by atoms with Crippen molar-refractivity contribution in [3.05, 3.63) is 52.0 Å². The Kier molecular flexibility index (Phi) is 4.80. The van der Waals surface area contributed by atoms with Gasteiger partial charge in [-0.25, -0.2) is 4.39 Å². The first-order valence-corrected chi connectivity index (χ1v) is 7.66. The molecule has 0 fully saturated rings. The molecule has 0 bridgehead atoms. The Morgan fingerprint density at radius 3 is 2.61 bits per heavy atom. The van der Waals surface area contributed by atoms with Gasteiger partial charge in [-0.1, -0.05) is 0 Å². The quantitative estimate of drug-likeness (QED) is 0.822. The molecule has 0 aliphatic carbocycles. The molecule has 0 radical (unpaired) electrons. The Bertz CT molecular complexity index is 493. The van der Waals surface area contributed by atoms with Crippen molar-refractivity contribution in [1.29, 1.82) is 0 Å². The van der Waals surface area contributed by atoms with Crippen molar-refractivity contribution in [2.75, 3.05) is 12.8 Å². The van der Waals surface area contributed by atoms with Gasteiger partial charge in [0.2, 0.25) is 0 Å².